The summed E-state index contributed by atoms with van der Waals surface area (Å²) in [6.07, 6.45) is 4.57. The maximum atomic E-state index is 12.0. The Labute approximate surface area is 138 Å². The third kappa shape index (κ3) is 5.67. The Morgan fingerprint density at radius 2 is 2.22 bits per heavy atom. The minimum Gasteiger partial charge on any atom is -0.444 e. The van der Waals surface area contributed by atoms with Crippen LogP contribution in [-0.4, -0.2) is 41.2 Å². The van der Waals surface area contributed by atoms with Crippen molar-refractivity contribution in [1.82, 2.24) is 15.2 Å². The van der Waals surface area contributed by atoms with Crippen LogP contribution in [0, 0.1) is 0 Å². The first-order valence-corrected chi connectivity index (χ1v) is 8.15. The average Bonchev–Trinajstić information content (AvgIpc) is 2.52. The van der Waals surface area contributed by atoms with Gasteiger partial charge in [-0.15, -0.1) is 0 Å². The van der Waals surface area contributed by atoms with Gasteiger partial charge in [0.15, 0.2) is 0 Å². The summed E-state index contributed by atoms with van der Waals surface area (Å²) in [6.45, 7) is 9.92. The lowest BCUT2D eigenvalue weighted by atomic mass is 10.1. The van der Waals surface area contributed by atoms with Crippen LogP contribution in [0.5, 0.6) is 0 Å². The van der Waals surface area contributed by atoms with E-state index in [9.17, 15) is 4.79 Å². The van der Waals surface area contributed by atoms with Crippen molar-refractivity contribution in [2.45, 2.75) is 45.8 Å². The molecule has 0 aromatic carbocycles. The molecule has 5 heteroatoms. The fourth-order valence-electron chi connectivity index (χ4n) is 2.38. The fourth-order valence-corrected chi connectivity index (χ4v) is 2.38. The van der Waals surface area contributed by atoms with Gasteiger partial charge >= 0.3 is 6.09 Å². The van der Waals surface area contributed by atoms with E-state index in [2.05, 4.69) is 23.3 Å². The second kappa shape index (κ2) is 7.59. The van der Waals surface area contributed by atoms with Crippen LogP contribution in [0.4, 0.5) is 4.79 Å². The molecule has 1 aliphatic heterocycles. The van der Waals surface area contributed by atoms with Crippen molar-refractivity contribution in [2.75, 3.05) is 19.6 Å². The molecule has 5 nitrogen and oxygen atoms in total. The second-order valence-corrected chi connectivity index (χ2v) is 6.90. The Morgan fingerprint density at radius 1 is 1.43 bits per heavy atom. The Hall–Kier alpha value is -1.88. The van der Waals surface area contributed by atoms with Gasteiger partial charge in [-0.3, -0.25) is 4.98 Å². The molecule has 0 aliphatic carbocycles. The van der Waals surface area contributed by atoms with Crippen LogP contribution in [0.2, 0.25) is 0 Å². The Kier molecular flexibility index (Phi) is 5.77. The lowest BCUT2D eigenvalue weighted by Crippen LogP contribution is -2.40. The van der Waals surface area contributed by atoms with E-state index in [1.807, 2.05) is 45.2 Å². The van der Waals surface area contributed by atoms with Gasteiger partial charge in [0.1, 0.15) is 5.60 Å². The Morgan fingerprint density at radius 3 is 2.78 bits per heavy atom. The maximum absolute atomic E-state index is 12.0. The van der Waals surface area contributed by atoms with E-state index in [-0.39, 0.29) is 12.1 Å². The summed E-state index contributed by atoms with van der Waals surface area (Å²) in [6, 6.07) is 6.16. The van der Waals surface area contributed by atoms with E-state index in [1.165, 1.54) is 5.57 Å². The van der Waals surface area contributed by atoms with Gasteiger partial charge in [-0.05, 0) is 46.2 Å². The van der Waals surface area contributed by atoms with Gasteiger partial charge in [-0.1, -0.05) is 17.7 Å². The van der Waals surface area contributed by atoms with Crippen molar-refractivity contribution in [3.8, 4) is 0 Å². The highest BCUT2D eigenvalue weighted by Gasteiger charge is 2.23. The van der Waals surface area contributed by atoms with Crippen LogP contribution < -0.4 is 5.32 Å². The molecule has 1 N–H and O–H groups in total. The van der Waals surface area contributed by atoms with Gasteiger partial charge in [0.05, 0.1) is 5.69 Å². The molecule has 2 rings (SSSR count). The minimum atomic E-state index is -0.444. The predicted octanol–water partition coefficient (Wildman–Crippen LogP) is 3.30. The molecule has 0 saturated heterocycles. The highest BCUT2D eigenvalue weighted by atomic mass is 16.6. The van der Waals surface area contributed by atoms with E-state index in [1.54, 1.807) is 4.90 Å². The summed E-state index contributed by atoms with van der Waals surface area (Å²) in [5.41, 5.74) is 1.92. The molecule has 0 bridgehead atoms. The number of nitrogens with zero attached hydrogens (tertiary/aromatic N) is 2. The quantitative estimate of drug-likeness (QED) is 0.866. The molecular formula is C18H27N3O2. The fraction of sp³-hybridized carbons (Fsp3) is 0.556. The van der Waals surface area contributed by atoms with Crippen molar-refractivity contribution >= 4 is 6.09 Å². The number of aromatic nitrogens is 1. The van der Waals surface area contributed by atoms with E-state index >= 15 is 0 Å². The van der Waals surface area contributed by atoms with Crippen molar-refractivity contribution in [3.63, 3.8) is 0 Å². The molecule has 0 spiro atoms. The van der Waals surface area contributed by atoms with Crippen molar-refractivity contribution in [3.05, 3.63) is 41.7 Å². The highest BCUT2D eigenvalue weighted by molar-refractivity contribution is 5.68. The second-order valence-electron chi connectivity index (χ2n) is 6.90. The van der Waals surface area contributed by atoms with Gasteiger partial charge < -0.3 is 15.0 Å². The van der Waals surface area contributed by atoms with Crippen LogP contribution in [-0.2, 0) is 4.74 Å². The lowest BCUT2D eigenvalue weighted by molar-refractivity contribution is 0.0265. The smallest absolute Gasteiger partial charge is 0.410 e. The first-order chi connectivity index (χ1) is 10.8. The molecule has 1 amide bonds. The molecule has 0 radical (unpaired) electrons. The third-order valence-electron chi connectivity index (χ3n) is 3.72. The topological polar surface area (TPSA) is 54.5 Å². The highest BCUT2D eigenvalue weighted by Crippen LogP contribution is 2.16. The SMILES string of the molecule is CC(NCC1=CCN(C(=O)OC(C)(C)C)CC1)c1ccccn1. The molecule has 1 atom stereocenters. The normalized spacial score (nSPS) is 16.7. The van der Waals surface area contributed by atoms with Gasteiger partial charge in [0.25, 0.3) is 0 Å². The number of nitrogens with one attached hydrogen (secondary N) is 1. The Balaban J connectivity index is 1.80. The maximum Gasteiger partial charge on any atom is 0.410 e. The third-order valence-corrected chi connectivity index (χ3v) is 3.72. The van der Waals surface area contributed by atoms with Crippen molar-refractivity contribution in [1.29, 1.82) is 0 Å². The van der Waals surface area contributed by atoms with E-state index in [0.29, 0.717) is 13.1 Å². The number of rotatable bonds is 4. The lowest BCUT2D eigenvalue weighted by Gasteiger charge is -2.30. The van der Waals surface area contributed by atoms with E-state index < -0.39 is 5.60 Å². The molecule has 23 heavy (non-hydrogen) atoms. The van der Waals surface area contributed by atoms with Crippen molar-refractivity contribution in [2.24, 2.45) is 0 Å². The number of carbonyl (C=O) groups excluding carboxylic acids is 1. The van der Waals surface area contributed by atoms with Gasteiger partial charge in [0.2, 0.25) is 0 Å². The summed E-state index contributed by atoms with van der Waals surface area (Å²) in [4.78, 5) is 18.1. The summed E-state index contributed by atoms with van der Waals surface area (Å²) >= 11 is 0. The molecule has 1 aromatic heterocycles. The first-order valence-electron chi connectivity index (χ1n) is 8.15. The number of hydrogen-bond donors (Lipinski definition) is 1. The molecule has 1 aliphatic rings. The zero-order valence-electron chi connectivity index (χ0n) is 14.5. The standard InChI is InChI=1S/C18H27N3O2/c1-14(16-7-5-6-10-19-16)20-13-15-8-11-21(12-9-15)17(22)23-18(2,3)4/h5-8,10,14,20H,9,11-13H2,1-4H3. The summed E-state index contributed by atoms with van der Waals surface area (Å²) in [7, 11) is 0. The average molecular weight is 317 g/mol. The predicted molar refractivity (Wildman–Crippen MR) is 91.2 cm³/mol. The summed E-state index contributed by atoms with van der Waals surface area (Å²) in [5, 5.41) is 3.49. The molecule has 0 saturated carbocycles. The van der Waals surface area contributed by atoms with Crippen LogP contribution in [0.3, 0.4) is 0 Å². The summed E-state index contributed by atoms with van der Waals surface area (Å²) in [5.74, 6) is 0. The first kappa shape index (κ1) is 17.5. The molecule has 0 fully saturated rings. The van der Waals surface area contributed by atoms with Crippen LogP contribution in [0.1, 0.15) is 45.9 Å². The molecule has 126 valence electrons. The van der Waals surface area contributed by atoms with Crippen molar-refractivity contribution < 1.29 is 9.53 Å². The van der Waals surface area contributed by atoms with Gasteiger partial charge in [-0.25, -0.2) is 4.79 Å². The minimum absolute atomic E-state index is 0.209. The number of amides is 1. The van der Waals surface area contributed by atoms with Crippen LogP contribution >= 0.6 is 0 Å². The number of hydrogen-bond acceptors (Lipinski definition) is 4. The summed E-state index contributed by atoms with van der Waals surface area (Å²) < 4.78 is 5.40. The zero-order valence-corrected chi connectivity index (χ0v) is 14.5. The number of pyridine rings is 1. The monoisotopic (exact) mass is 317 g/mol. The largest absolute Gasteiger partial charge is 0.444 e. The molecule has 1 aromatic rings. The molecule has 2 heterocycles. The van der Waals surface area contributed by atoms with Crippen LogP contribution in [0.25, 0.3) is 0 Å². The number of ether oxygens (including phenoxy) is 1. The molecule has 1 unspecified atom stereocenters. The zero-order chi connectivity index (χ0) is 16.9. The van der Waals surface area contributed by atoms with Gasteiger partial charge in [0, 0.05) is 31.9 Å². The van der Waals surface area contributed by atoms with E-state index in [0.717, 1.165) is 18.7 Å². The van der Waals surface area contributed by atoms with Gasteiger partial charge in [-0.2, -0.15) is 0 Å². The van der Waals surface area contributed by atoms with E-state index in [4.69, 9.17) is 4.74 Å². The molecular weight excluding hydrogens is 290 g/mol. The number of carbonyl (C=O) groups is 1. The Bertz CT molecular complexity index is 549. The van der Waals surface area contributed by atoms with Crippen LogP contribution in [0.15, 0.2) is 36.0 Å².